The van der Waals surface area contributed by atoms with Crippen molar-refractivity contribution >= 4 is 23.2 Å². The number of carbonyl (C=O) groups excluding carboxylic acids is 1. The molecule has 0 fully saturated rings. The molecule has 1 N–H and O–H groups in total. The van der Waals surface area contributed by atoms with Crippen LogP contribution in [0, 0.1) is 0 Å². The highest BCUT2D eigenvalue weighted by molar-refractivity contribution is 6.30. The van der Waals surface area contributed by atoms with Crippen molar-refractivity contribution in [3.8, 4) is 17.2 Å². The molecule has 0 aliphatic carbocycles. The van der Waals surface area contributed by atoms with Gasteiger partial charge in [-0.05, 0) is 66.6 Å². The lowest BCUT2D eigenvalue weighted by atomic mass is 10.1. The summed E-state index contributed by atoms with van der Waals surface area (Å²) < 4.78 is 18.6. The van der Waals surface area contributed by atoms with E-state index in [4.69, 9.17) is 25.8 Å². The molecule has 1 aromatic heterocycles. The van der Waals surface area contributed by atoms with Crippen molar-refractivity contribution < 1.29 is 19.0 Å². The van der Waals surface area contributed by atoms with Crippen LogP contribution in [0.3, 0.4) is 0 Å². The first-order valence-electron chi connectivity index (χ1n) is 11.1. The Morgan fingerprint density at radius 3 is 2.43 bits per heavy atom. The van der Waals surface area contributed by atoms with Gasteiger partial charge in [0.25, 0.3) is 5.91 Å². The third-order valence-electron chi connectivity index (χ3n) is 5.34. The summed E-state index contributed by atoms with van der Waals surface area (Å²) >= 11 is 5.92. The van der Waals surface area contributed by atoms with Crippen LogP contribution in [0.1, 0.15) is 28.4 Å². The first-order valence-corrected chi connectivity index (χ1v) is 11.5. The van der Waals surface area contributed by atoms with Crippen LogP contribution in [0.4, 0.5) is 5.69 Å². The minimum absolute atomic E-state index is 0.232. The van der Waals surface area contributed by atoms with Gasteiger partial charge in [-0.3, -0.25) is 4.79 Å². The fourth-order valence-corrected chi connectivity index (χ4v) is 3.51. The third kappa shape index (κ3) is 6.55. The van der Waals surface area contributed by atoms with Crippen molar-refractivity contribution in [2.45, 2.75) is 26.7 Å². The van der Waals surface area contributed by atoms with E-state index in [9.17, 15) is 4.79 Å². The largest absolute Gasteiger partial charge is 0.496 e. The number of rotatable bonds is 10. The van der Waals surface area contributed by atoms with Gasteiger partial charge in [0.15, 0.2) is 6.73 Å². The molecular weight excluding hydrogens is 466 g/mol. The molecule has 0 bridgehead atoms. The maximum absolute atomic E-state index is 12.9. The van der Waals surface area contributed by atoms with E-state index in [0.29, 0.717) is 27.8 Å². The Kier molecular flexibility index (Phi) is 7.90. The van der Waals surface area contributed by atoms with Gasteiger partial charge >= 0.3 is 0 Å². The minimum atomic E-state index is -0.268. The second-order valence-corrected chi connectivity index (χ2v) is 8.20. The average Bonchev–Trinajstić information content (AvgIpc) is 3.34. The first kappa shape index (κ1) is 24.2. The van der Waals surface area contributed by atoms with Crippen LogP contribution < -0.4 is 19.5 Å². The normalized spacial score (nSPS) is 10.6. The van der Waals surface area contributed by atoms with Gasteiger partial charge in [0.05, 0.1) is 25.2 Å². The second kappa shape index (κ2) is 11.4. The zero-order chi connectivity index (χ0) is 24.6. The van der Waals surface area contributed by atoms with Gasteiger partial charge in [-0.25, -0.2) is 4.68 Å². The number of benzene rings is 3. The molecule has 1 heterocycles. The molecule has 4 rings (SSSR count). The van der Waals surface area contributed by atoms with E-state index >= 15 is 0 Å². The number of hydrogen-bond acceptors (Lipinski definition) is 5. The van der Waals surface area contributed by atoms with Gasteiger partial charge in [-0.15, -0.1) is 0 Å². The number of anilines is 1. The molecule has 0 aliphatic rings. The SMILES string of the molecule is CCc1ccc(OCn2cc(NC(=O)c3ccc(OC)c(COc4ccc(Cl)cc4)c3)cn2)cc1. The number of amides is 1. The van der Waals surface area contributed by atoms with Crippen LogP contribution in [0.2, 0.25) is 5.02 Å². The van der Waals surface area contributed by atoms with Gasteiger partial charge < -0.3 is 19.5 Å². The van der Waals surface area contributed by atoms with Crippen LogP contribution in [0.15, 0.2) is 79.1 Å². The summed E-state index contributed by atoms with van der Waals surface area (Å²) in [4.78, 5) is 12.9. The Labute approximate surface area is 209 Å². The van der Waals surface area contributed by atoms with Gasteiger partial charge in [-0.2, -0.15) is 5.10 Å². The Morgan fingerprint density at radius 2 is 1.71 bits per heavy atom. The zero-order valence-corrected chi connectivity index (χ0v) is 20.3. The summed E-state index contributed by atoms with van der Waals surface area (Å²) in [6.07, 6.45) is 4.27. The molecule has 0 radical (unpaired) electrons. The first-order chi connectivity index (χ1) is 17.0. The van der Waals surface area contributed by atoms with Crippen LogP contribution in [0.5, 0.6) is 17.2 Å². The number of aromatic nitrogens is 2. The van der Waals surface area contributed by atoms with Crippen LogP contribution in [0.25, 0.3) is 0 Å². The molecule has 0 saturated heterocycles. The molecule has 0 atom stereocenters. The lowest BCUT2D eigenvalue weighted by Gasteiger charge is -2.12. The van der Waals surface area contributed by atoms with E-state index in [0.717, 1.165) is 17.7 Å². The third-order valence-corrected chi connectivity index (χ3v) is 5.59. The number of halogens is 1. The summed E-state index contributed by atoms with van der Waals surface area (Å²) in [6, 6.07) is 20.2. The number of carbonyl (C=O) groups is 1. The monoisotopic (exact) mass is 491 g/mol. The lowest BCUT2D eigenvalue weighted by Crippen LogP contribution is -2.12. The van der Waals surface area contributed by atoms with E-state index in [1.54, 1.807) is 66.6 Å². The molecule has 4 aromatic rings. The lowest BCUT2D eigenvalue weighted by molar-refractivity contribution is 0.102. The summed E-state index contributed by atoms with van der Waals surface area (Å²) in [5, 5.41) is 7.75. The van der Waals surface area contributed by atoms with Crippen molar-refractivity contribution in [1.82, 2.24) is 9.78 Å². The molecular formula is C27H26ClN3O4. The van der Waals surface area contributed by atoms with E-state index in [2.05, 4.69) is 17.3 Å². The van der Waals surface area contributed by atoms with Crippen molar-refractivity contribution in [2.24, 2.45) is 0 Å². The molecule has 3 aromatic carbocycles. The molecule has 0 spiro atoms. The van der Waals surface area contributed by atoms with Crippen LogP contribution >= 0.6 is 11.6 Å². The number of ether oxygens (including phenoxy) is 3. The van der Waals surface area contributed by atoms with Gasteiger partial charge in [-0.1, -0.05) is 30.7 Å². The topological polar surface area (TPSA) is 74.6 Å². The summed E-state index contributed by atoms with van der Waals surface area (Å²) in [5.74, 6) is 1.79. The van der Waals surface area contributed by atoms with E-state index in [-0.39, 0.29) is 19.2 Å². The predicted molar refractivity (Wildman–Crippen MR) is 135 cm³/mol. The molecule has 180 valence electrons. The summed E-state index contributed by atoms with van der Waals surface area (Å²) in [7, 11) is 1.58. The number of aryl methyl sites for hydroxylation is 1. The molecule has 0 saturated carbocycles. The number of nitrogens with one attached hydrogen (secondary N) is 1. The number of hydrogen-bond donors (Lipinski definition) is 1. The van der Waals surface area contributed by atoms with Crippen molar-refractivity contribution in [3.63, 3.8) is 0 Å². The predicted octanol–water partition coefficient (Wildman–Crippen LogP) is 5.98. The van der Waals surface area contributed by atoms with Crippen LogP contribution in [-0.4, -0.2) is 22.8 Å². The summed E-state index contributed by atoms with van der Waals surface area (Å²) in [6.45, 7) is 2.58. The Morgan fingerprint density at radius 1 is 1.00 bits per heavy atom. The molecule has 1 amide bonds. The Balaban J connectivity index is 1.36. The van der Waals surface area contributed by atoms with Gasteiger partial charge in [0, 0.05) is 16.1 Å². The number of nitrogens with zero attached hydrogens (tertiary/aromatic N) is 2. The van der Waals surface area contributed by atoms with Gasteiger partial charge in [0.1, 0.15) is 23.9 Å². The van der Waals surface area contributed by atoms with E-state index in [1.807, 2.05) is 24.3 Å². The number of methoxy groups -OCH3 is 1. The highest BCUT2D eigenvalue weighted by Crippen LogP contribution is 2.24. The molecule has 35 heavy (non-hydrogen) atoms. The zero-order valence-electron chi connectivity index (χ0n) is 19.5. The minimum Gasteiger partial charge on any atom is -0.496 e. The standard InChI is InChI=1S/C27H26ClN3O4/c1-3-19-4-9-25(10-5-19)35-18-31-16-23(15-29-31)30-27(32)20-6-13-26(33-2)21(14-20)17-34-24-11-7-22(28)8-12-24/h4-16H,3,17-18H2,1-2H3,(H,30,32). The fraction of sp³-hybridized carbons (Fsp3) is 0.185. The molecule has 0 aliphatic heterocycles. The van der Waals surface area contributed by atoms with E-state index < -0.39 is 0 Å². The Bertz CT molecular complexity index is 1270. The van der Waals surface area contributed by atoms with Crippen LogP contribution in [-0.2, 0) is 19.8 Å². The fourth-order valence-electron chi connectivity index (χ4n) is 3.39. The van der Waals surface area contributed by atoms with Crippen molar-refractivity contribution in [3.05, 3.63) is 101 Å². The molecule has 7 nitrogen and oxygen atoms in total. The Hall–Kier alpha value is -3.97. The second-order valence-electron chi connectivity index (χ2n) is 7.76. The maximum Gasteiger partial charge on any atom is 0.255 e. The molecule has 0 unspecified atom stereocenters. The smallest absolute Gasteiger partial charge is 0.255 e. The van der Waals surface area contributed by atoms with Gasteiger partial charge in [0.2, 0.25) is 0 Å². The highest BCUT2D eigenvalue weighted by atomic mass is 35.5. The van der Waals surface area contributed by atoms with Crippen molar-refractivity contribution in [2.75, 3.05) is 12.4 Å². The summed E-state index contributed by atoms with van der Waals surface area (Å²) in [5.41, 5.74) is 3.03. The quantitative estimate of drug-likeness (QED) is 0.295. The maximum atomic E-state index is 12.9. The highest BCUT2D eigenvalue weighted by Gasteiger charge is 2.12. The average molecular weight is 492 g/mol. The van der Waals surface area contributed by atoms with E-state index in [1.165, 1.54) is 5.56 Å². The van der Waals surface area contributed by atoms with Crippen molar-refractivity contribution in [1.29, 1.82) is 0 Å². The molecule has 8 heteroatoms.